The second-order valence-electron chi connectivity index (χ2n) is 5.34. The maximum Gasteiger partial charge on any atom is 0.241 e. The Hall–Kier alpha value is -1.48. The number of anilines is 1. The summed E-state index contributed by atoms with van der Waals surface area (Å²) in [5, 5.41) is 0. The standard InChI is InChI=1S/C16H18BrN3O3S/c17-14-5-1-2-6-15(14)24(21,22)19-12-13-4-3-7-18-16(13)20-8-10-23-11-9-20/h1-7,19H,8-12H2. The highest BCUT2D eigenvalue weighted by molar-refractivity contribution is 9.10. The summed E-state index contributed by atoms with van der Waals surface area (Å²) in [6.45, 7) is 2.99. The SMILES string of the molecule is O=S(=O)(NCc1cccnc1N1CCOCC1)c1ccccc1Br. The minimum absolute atomic E-state index is 0.185. The molecule has 3 rings (SSSR count). The van der Waals surface area contributed by atoms with Gasteiger partial charge in [-0.05, 0) is 34.1 Å². The predicted octanol–water partition coefficient (Wildman–Crippen LogP) is 2.16. The Labute approximate surface area is 150 Å². The number of sulfonamides is 1. The van der Waals surface area contributed by atoms with E-state index in [9.17, 15) is 8.42 Å². The van der Waals surface area contributed by atoms with E-state index in [1.807, 2.05) is 12.1 Å². The molecule has 128 valence electrons. The zero-order valence-electron chi connectivity index (χ0n) is 13.0. The van der Waals surface area contributed by atoms with Gasteiger partial charge < -0.3 is 9.64 Å². The van der Waals surface area contributed by atoms with Crippen molar-refractivity contribution in [2.45, 2.75) is 11.4 Å². The van der Waals surface area contributed by atoms with E-state index in [2.05, 4.69) is 30.5 Å². The van der Waals surface area contributed by atoms with Crippen molar-refractivity contribution < 1.29 is 13.2 Å². The minimum atomic E-state index is -3.60. The van der Waals surface area contributed by atoms with E-state index in [0.717, 1.165) is 24.5 Å². The molecular weight excluding hydrogens is 394 g/mol. The molecule has 1 aromatic heterocycles. The number of nitrogens with zero attached hydrogens (tertiary/aromatic N) is 2. The highest BCUT2D eigenvalue weighted by Gasteiger charge is 2.20. The number of morpholine rings is 1. The molecule has 0 bridgehead atoms. The highest BCUT2D eigenvalue weighted by Crippen LogP contribution is 2.22. The third-order valence-electron chi connectivity index (χ3n) is 3.76. The molecule has 1 N–H and O–H groups in total. The number of benzene rings is 1. The Morgan fingerprint density at radius 2 is 1.92 bits per heavy atom. The van der Waals surface area contributed by atoms with E-state index >= 15 is 0 Å². The van der Waals surface area contributed by atoms with Crippen LogP contribution >= 0.6 is 15.9 Å². The van der Waals surface area contributed by atoms with Crippen LogP contribution in [-0.2, 0) is 21.3 Å². The molecule has 2 aromatic rings. The number of pyridine rings is 1. The van der Waals surface area contributed by atoms with Crippen molar-refractivity contribution in [3.05, 3.63) is 52.6 Å². The van der Waals surface area contributed by atoms with Crippen LogP contribution < -0.4 is 9.62 Å². The molecule has 1 fully saturated rings. The highest BCUT2D eigenvalue weighted by atomic mass is 79.9. The lowest BCUT2D eigenvalue weighted by atomic mass is 10.2. The lowest BCUT2D eigenvalue weighted by Crippen LogP contribution is -2.37. The second kappa shape index (κ2) is 7.60. The molecule has 0 unspecified atom stereocenters. The third kappa shape index (κ3) is 3.94. The van der Waals surface area contributed by atoms with Gasteiger partial charge in [0.05, 0.1) is 18.1 Å². The van der Waals surface area contributed by atoms with Crippen LogP contribution in [0.4, 0.5) is 5.82 Å². The lowest BCUT2D eigenvalue weighted by molar-refractivity contribution is 0.122. The molecule has 0 amide bonds. The first-order chi connectivity index (χ1) is 11.6. The van der Waals surface area contributed by atoms with Crippen molar-refractivity contribution in [1.29, 1.82) is 0 Å². The fourth-order valence-electron chi connectivity index (χ4n) is 2.54. The first-order valence-corrected chi connectivity index (χ1v) is 9.86. The number of nitrogens with one attached hydrogen (secondary N) is 1. The number of ether oxygens (including phenoxy) is 1. The largest absolute Gasteiger partial charge is 0.378 e. The minimum Gasteiger partial charge on any atom is -0.378 e. The Morgan fingerprint density at radius 1 is 1.17 bits per heavy atom. The first-order valence-electron chi connectivity index (χ1n) is 7.59. The molecule has 24 heavy (non-hydrogen) atoms. The summed E-state index contributed by atoms with van der Waals surface area (Å²) in [7, 11) is -3.60. The Kier molecular flexibility index (Phi) is 5.50. The molecule has 1 aromatic carbocycles. The van der Waals surface area contributed by atoms with Gasteiger partial charge in [0.1, 0.15) is 5.82 Å². The normalized spacial score (nSPS) is 15.5. The maximum atomic E-state index is 12.5. The average molecular weight is 412 g/mol. The molecule has 2 heterocycles. The third-order valence-corrected chi connectivity index (χ3v) is 6.17. The summed E-state index contributed by atoms with van der Waals surface area (Å²) >= 11 is 3.28. The summed E-state index contributed by atoms with van der Waals surface area (Å²) in [4.78, 5) is 6.76. The van der Waals surface area contributed by atoms with Crippen LogP contribution in [0, 0.1) is 0 Å². The van der Waals surface area contributed by atoms with Crippen molar-refractivity contribution in [3.63, 3.8) is 0 Å². The van der Waals surface area contributed by atoms with Gasteiger partial charge in [-0.15, -0.1) is 0 Å². The Bertz CT molecular complexity index is 808. The summed E-state index contributed by atoms with van der Waals surface area (Å²) in [5.74, 6) is 0.802. The van der Waals surface area contributed by atoms with E-state index in [-0.39, 0.29) is 11.4 Å². The molecule has 1 aliphatic heterocycles. The monoisotopic (exact) mass is 411 g/mol. The van der Waals surface area contributed by atoms with Crippen molar-refractivity contribution >= 4 is 31.8 Å². The molecule has 1 saturated heterocycles. The number of hydrogen-bond acceptors (Lipinski definition) is 5. The molecule has 0 saturated carbocycles. The van der Waals surface area contributed by atoms with Crippen molar-refractivity contribution in [2.75, 3.05) is 31.2 Å². The van der Waals surface area contributed by atoms with E-state index < -0.39 is 10.0 Å². The quantitative estimate of drug-likeness (QED) is 0.815. The topological polar surface area (TPSA) is 71.5 Å². The predicted molar refractivity (Wildman–Crippen MR) is 95.4 cm³/mol. The number of hydrogen-bond donors (Lipinski definition) is 1. The van der Waals surface area contributed by atoms with Gasteiger partial charge in [0.25, 0.3) is 0 Å². The zero-order chi connectivity index (χ0) is 17.0. The van der Waals surface area contributed by atoms with Crippen LogP contribution in [0.1, 0.15) is 5.56 Å². The molecule has 0 aliphatic carbocycles. The molecule has 0 radical (unpaired) electrons. The number of halogens is 1. The van der Waals surface area contributed by atoms with Crippen molar-refractivity contribution in [3.8, 4) is 0 Å². The van der Waals surface area contributed by atoms with Gasteiger partial charge in [-0.1, -0.05) is 18.2 Å². The van der Waals surface area contributed by atoms with Crippen LogP contribution in [0.25, 0.3) is 0 Å². The van der Waals surface area contributed by atoms with Crippen molar-refractivity contribution in [2.24, 2.45) is 0 Å². The van der Waals surface area contributed by atoms with Gasteiger partial charge in [-0.2, -0.15) is 0 Å². The zero-order valence-corrected chi connectivity index (χ0v) is 15.4. The van der Waals surface area contributed by atoms with Gasteiger partial charge in [-0.25, -0.2) is 18.1 Å². The lowest BCUT2D eigenvalue weighted by Gasteiger charge is -2.29. The second-order valence-corrected chi connectivity index (χ2v) is 7.93. The molecule has 6 nitrogen and oxygen atoms in total. The summed E-state index contributed by atoms with van der Waals surface area (Å²) < 4.78 is 33.6. The fourth-order valence-corrected chi connectivity index (χ4v) is 4.55. The molecule has 0 spiro atoms. The van der Waals surface area contributed by atoms with E-state index in [1.165, 1.54) is 0 Å². The van der Waals surface area contributed by atoms with Crippen LogP contribution in [0.2, 0.25) is 0 Å². The Balaban J connectivity index is 1.78. The number of aromatic nitrogens is 1. The van der Waals surface area contributed by atoms with Gasteiger partial charge in [0, 0.05) is 35.9 Å². The maximum absolute atomic E-state index is 12.5. The molecule has 1 aliphatic rings. The Morgan fingerprint density at radius 3 is 2.67 bits per heavy atom. The van der Waals surface area contributed by atoms with Gasteiger partial charge in [0.2, 0.25) is 10.0 Å². The van der Waals surface area contributed by atoms with Crippen LogP contribution in [-0.4, -0.2) is 39.7 Å². The van der Waals surface area contributed by atoms with E-state index in [4.69, 9.17) is 4.74 Å². The first kappa shape index (κ1) is 17.3. The van der Waals surface area contributed by atoms with E-state index in [1.54, 1.807) is 30.5 Å². The van der Waals surface area contributed by atoms with Gasteiger partial charge in [-0.3, -0.25) is 0 Å². The van der Waals surface area contributed by atoms with Crippen LogP contribution in [0.15, 0.2) is 52.0 Å². The van der Waals surface area contributed by atoms with Crippen LogP contribution in [0.5, 0.6) is 0 Å². The fraction of sp³-hybridized carbons (Fsp3) is 0.312. The van der Waals surface area contributed by atoms with E-state index in [0.29, 0.717) is 17.7 Å². The summed E-state index contributed by atoms with van der Waals surface area (Å²) in [6.07, 6.45) is 1.72. The molecule has 8 heteroatoms. The van der Waals surface area contributed by atoms with Crippen LogP contribution in [0.3, 0.4) is 0 Å². The van der Waals surface area contributed by atoms with Crippen molar-refractivity contribution in [1.82, 2.24) is 9.71 Å². The average Bonchev–Trinajstić information content (AvgIpc) is 2.61. The number of rotatable bonds is 5. The summed E-state index contributed by atoms with van der Waals surface area (Å²) in [6, 6.07) is 10.5. The smallest absolute Gasteiger partial charge is 0.241 e. The molecular formula is C16H18BrN3O3S. The summed E-state index contributed by atoms with van der Waals surface area (Å²) in [5.41, 5.74) is 0.843. The van der Waals surface area contributed by atoms with Gasteiger partial charge in [0.15, 0.2) is 0 Å². The van der Waals surface area contributed by atoms with Gasteiger partial charge >= 0.3 is 0 Å². The molecule has 0 atom stereocenters.